The molecule has 1 saturated carbocycles. The van der Waals surface area contributed by atoms with Crippen LogP contribution in [-0.4, -0.2) is 47.6 Å². The molecule has 3 fully saturated rings. The van der Waals surface area contributed by atoms with Crippen LogP contribution in [0, 0.1) is 5.92 Å². The van der Waals surface area contributed by atoms with E-state index in [1.54, 1.807) is 33.8 Å². The van der Waals surface area contributed by atoms with Gasteiger partial charge >= 0.3 is 0 Å². The van der Waals surface area contributed by atoms with Crippen LogP contribution < -0.4 is 0 Å². The molecular weight excluding hydrogens is 288 g/mol. The molecule has 0 radical (unpaired) electrons. The fraction of sp³-hybridized carbons (Fsp3) is 0.750. The summed E-state index contributed by atoms with van der Waals surface area (Å²) in [4.78, 5) is 24.8. The molecule has 120 valence electrons. The average Bonchev–Trinajstić information content (AvgIpc) is 3.03. The topological polar surface area (TPSA) is 71.1 Å². The van der Waals surface area contributed by atoms with E-state index in [0.29, 0.717) is 5.57 Å². The molecule has 6 heteroatoms. The molecular formula is C16H20O6. The second kappa shape index (κ2) is 4.26. The lowest BCUT2D eigenvalue weighted by Gasteiger charge is -2.23. The molecule has 0 bridgehead atoms. The van der Waals surface area contributed by atoms with Crippen molar-refractivity contribution in [2.75, 3.05) is 0 Å². The van der Waals surface area contributed by atoms with Gasteiger partial charge in [0.2, 0.25) is 0 Å². The van der Waals surface area contributed by atoms with E-state index in [4.69, 9.17) is 18.9 Å². The van der Waals surface area contributed by atoms with Gasteiger partial charge < -0.3 is 18.9 Å². The quantitative estimate of drug-likeness (QED) is 0.723. The van der Waals surface area contributed by atoms with E-state index in [0.717, 1.165) is 0 Å². The summed E-state index contributed by atoms with van der Waals surface area (Å²) < 4.78 is 22.9. The lowest BCUT2D eigenvalue weighted by atomic mass is 9.93. The first-order valence-electron chi connectivity index (χ1n) is 7.67. The maximum Gasteiger partial charge on any atom is 0.190 e. The summed E-state index contributed by atoms with van der Waals surface area (Å²) in [5, 5.41) is 0. The van der Waals surface area contributed by atoms with Gasteiger partial charge in [-0.3, -0.25) is 9.59 Å². The predicted octanol–water partition coefficient (Wildman–Crippen LogP) is 1.12. The molecule has 0 aromatic rings. The first-order valence-corrected chi connectivity index (χ1v) is 7.67. The van der Waals surface area contributed by atoms with Gasteiger partial charge in [0.15, 0.2) is 29.2 Å². The molecule has 0 spiro atoms. The second-order valence-electron chi connectivity index (χ2n) is 7.30. The first-order chi connectivity index (χ1) is 10.2. The maximum atomic E-state index is 12.6. The minimum Gasteiger partial charge on any atom is -0.343 e. The average molecular weight is 308 g/mol. The summed E-state index contributed by atoms with van der Waals surface area (Å²) in [7, 11) is 0. The van der Waals surface area contributed by atoms with E-state index in [-0.39, 0.29) is 30.0 Å². The molecule has 2 aliphatic heterocycles. The number of ether oxygens (including phenoxy) is 4. The van der Waals surface area contributed by atoms with Crippen LogP contribution in [0.4, 0.5) is 0 Å². The summed E-state index contributed by atoms with van der Waals surface area (Å²) in [5.74, 6) is -1.92. The van der Waals surface area contributed by atoms with E-state index in [9.17, 15) is 9.59 Å². The Balaban J connectivity index is 1.61. The highest BCUT2D eigenvalue weighted by Gasteiger charge is 2.58. The first kappa shape index (κ1) is 14.5. The van der Waals surface area contributed by atoms with Gasteiger partial charge in [-0.05, 0) is 33.8 Å². The van der Waals surface area contributed by atoms with E-state index in [1.165, 1.54) is 0 Å². The molecule has 2 saturated heterocycles. The molecule has 5 atom stereocenters. The standard InChI is InChI=1S/C16H20O6/c1-15(2)19-10-6-7(11(18)14(10)22-15)8-5-9(17)13-12(8)20-16(3,4)21-13/h6,8,10,12-14H,5H2,1-4H3/t8-,10-,12-,13+,14-/m0/s1. The monoisotopic (exact) mass is 308 g/mol. The van der Waals surface area contributed by atoms with Gasteiger partial charge in [-0.15, -0.1) is 0 Å². The Bertz CT molecular complexity index is 589. The van der Waals surface area contributed by atoms with Crippen molar-refractivity contribution in [1.82, 2.24) is 0 Å². The molecule has 6 nitrogen and oxygen atoms in total. The van der Waals surface area contributed by atoms with Crippen LogP contribution in [0.1, 0.15) is 34.1 Å². The number of carbonyl (C=O) groups excluding carboxylic acids is 2. The maximum absolute atomic E-state index is 12.6. The third-order valence-corrected chi connectivity index (χ3v) is 4.68. The largest absolute Gasteiger partial charge is 0.343 e. The summed E-state index contributed by atoms with van der Waals surface area (Å²) in [6.07, 6.45) is 0.121. The van der Waals surface area contributed by atoms with Gasteiger partial charge in [-0.2, -0.15) is 0 Å². The van der Waals surface area contributed by atoms with E-state index in [2.05, 4.69) is 0 Å². The number of hydrogen-bond donors (Lipinski definition) is 0. The fourth-order valence-corrected chi connectivity index (χ4v) is 3.91. The number of ketones is 2. The molecule has 0 amide bonds. The zero-order valence-corrected chi connectivity index (χ0v) is 13.1. The fourth-order valence-electron chi connectivity index (χ4n) is 3.91. The normalized spacial score (nSPS) is 45.1. The van der Waals surface area contributed by atoms with Crippen LogP contribution >= 0.6 is 0 Å². The van der Waals surface area contributed by atoms with Crippen molar-refractivity contribution < 1.29 is 28.5 Å². The van der Waals surface area contributed by atoms with Gasteiger partial charge in [0, 0.05) is 17.9 Å². The molecule has 4 rings (SSSR count). The van der Waals surface area contributed by atoms with Crippen molar-refractivity contribution in [1.29, 1.82) is 0 Å². The van der Waals surface area contributed by atoms with Crippen molar-refractivity contribution in [3.63, 3.8) is 0 Å². The van der Waals surface area contributed by atoms with Gasteiger partial charge in [0.25, 0.3) is 0 Å². The minimum absolute atomic E-state index is 0.00602. The van der Waals surface area contributed by atoms with E-state index in [1.807, 2.05) is 0 Å². The highest BCUT2D eigenvalue weighted by Crippen LogP contribution is 2.46. The van der Waals surface area contributed by atoms with Crippen LogP contribution in [-0.2, 0) is 28.5 Å². The lowest BCUT2D eigenvalue weighted by Crippen LogP contribution is -2.32. The Morgan fingerprint density at radius 2 is 1.59 bits per heavy atom. The minimum atomic E-state index is -0.795. The van der Waals surface area contributed by atoms with Crippen molar-refractivity contribution in [3.05, 3.63) is 11.6 Å². The predicted molar refractivity (Wildman–Crippen MR) is 73.9 cm³/mol. The number of fused-ring (bicyclic) bond motifs is 2. The van der Waals surface area contributed by atoms with E-state index >= 15 is 0 Å². The van der Waals surface area contributed by atoms with Crippen LogP contribution in [0.3, 0.4) is 0 Å². The third kappa shape index (κ3) is 2.01. The Hall–Kier alpha value is -1.08. The molecule has 22 heavy (non-hydrogen) atoms. The molecule has 0 unspecified atom stereocenters. The summed E-state index contributed by atoms with van der Waals surface area (Å²) in [6.45, 7) is 7.14. The van der Waals surface area contributed by atoms with Gasteiger partial charge in [0.05, 0.1) is 0 Å². The summed E-state index contributed by atoms with van der Waals surface area (Å²) >= 11 is 0. The third-order valence-electron chi connectivity index (χ3n) is 4.68. The van der Waals surface area contributed by atoms with Crippen LogP contribution in [0.15, 0.2) is 11.6 Å². The summed E-state index contributed by atoms with van der Waals surface area (Å²) in [6, 6.07) is 0. The highest BCUT2D eigenvalue weighted by molar-refractivity contribution is 6.04. The van der Waals surface area contributed by atoms with Crippen molar-refractivity contribution in [2.45, 2.75) is 70.1 Å². The van der Waals surface area contributed by atoms with Crippen LogP contribution in [0.25, 0.3) is 0 Å². The second-order valence-corrected chi connectivity index (χ2v) is 7.30. The molecule has 0 N–H and O–H groups in total. The molecule has 0 aromatic carbocycles. The smallest absolute Gasteiger partial charge is 0.190 e. The Kier molecular flexibility index (Phi) is 2.81. The van der Waals surface area contributed by atoms with Crippen molar-refractivity contribution in [3.8, 4) is 0 Å². The number of hydrogen-bond acceptors (Lipinski definition) is 6. The molecule has 2 aliphatic carbocycles. The zero-order valence-electron chi connectivity index (χ0n) is 13.1. The van der Waals surface area contributed by atoms with Crippen molar-refractivity contribution in [2.24, 2.45) is 5.92 Å². The van der Waals surface area contributed by atoms with Crippen molar-refractivity contribution >= 4 is 11.6 Å². The zero-order chi connectivity index (χ0) is 15.9. The van der Waals surface area contributed by atoms with Gasteiger partial charge in [-0.1, -0.05) is 0 Å². The number of carbonyl (C=O) groups is 2. The Morgan fingerprint density at radius 3 is 2.27 bits per heavy atom. The van der Waals surface area contributed by atoms with Gasteiger partial charge in [0.1, 0.15) is 18.3 Å². The Labute approximate surface area is 128 Å². The van der Waals surface area contributed by atoms with Crippen LogP contribution in [0.5, 0.6) is 0 Å². The van der Waals surface area contributed by atoms with Gasteiger partial charge in [-0.25, -0.2) is 0 Å². The lowest BCUT2D eigenvalue weighted by molar-refractivity contribution is -0.163. The van der Waals surface area contributed by atoms with E-state index < -0.39 is 29.9 Å². The molecule has 2 heterocycles. The highest BCUT2D eigenvalue weighted by atomic mass is 16.8. The number of rotatable bonds is 1. The number of Topliss-reactive ketones (excluding diaryl/α,β-unsaturated/α-hetero) is 2. The van der Waals surface area contributed by atoms with Crippen LogP contribution in [0.2, 0.25) is 0 Å². The summed E-state index contributed by atoms with van der Waals surface area (Å²) in [5.41, 5.74) is 0.590. The molecule has 0 aromatic heterocycles. The molecule has 4 aliphatic rings. The Morgan fingerprint density at radius 1 is 0.955 bits per heavy atom. The SMILES string of the molecule is CC1(C)O[C@@H]2[C@H](O1)C(=O)C[C@H]2C1=C[C@@H]2OC(C)(C)O[C@@H]2C1=O.